The fraction of sp³-hybridized carbons (Fsp3) is 0.467. The Hall–Kier alpha value is -2.29. The van der Waals surface area contributed by atoms with Gasteiger partial charge in [-0.2, -0.15) is 0 Å². The Morgan fingerprint density at radius 1 is 1.38 bits per heavy atom. The largest absolute Gasteiger partial charge is 0.573 e. The fourth-order valence-corrected chi connectivity index (χ4v) is 2.54. The molecule has 1 aliphatic heterocycles. The van der Waals surface area contributed by atoms with Gasteiger partial charge in [0.15, 0.2) is 0 Å². The van der Waals surface area contributed by atoms with Gasteiger partial charge in [-0.25, -0.2) is 0 Å². The smallest absolute Gasteiger partial charge is 0.406 e. The van der Waals surface area contributed by atoms with E-state index in [4.69, 9.17) is 0 Å². The zero-order valence-corrected chi connectivity index (χ0v) is 13.0. The Bertz CT molecular complexity index is 590. The molecule has 0 bridgehead atoms. The van der Waals surface area contributed by atoms with E-state index < -0.39 is 12.4 Å². The SMILES string of the molecule is CCNC(=O)CN1CCNC(=O)C1c1ccc(OC(F)(F)F)cc1. The van der Waals surface area contributed by atoms with Crippen LogP contribution in [0.2, 0.25) is 0 Å². The highest BCUT2D eigenvalue weighted by molar-refractivity contribution is 5.85. The van der Waals surface area contributed by atoms with E-state index in [9.17, 15) is 22.8 Å². The van der Waals surface area contributed by atoms with Crippen LogP contribution in [-0.2, 0) is 9.59 Å². The quantitative estimate of drug-likeness (QED) is 0.841. The minimum atomic E-state index is -4.77. The van der Waals surface area contributed by atoms with Crippen molar-refractivity contribution in [1.29, 1.82) is 0 Å². The molecule has 1 atom stereocenters. The summed E-state index contributed by atoms with van der Waals surface area (Å²) in [6, 6.07) is 4.34. The van der Waals surface area contributed by atoms with E-state index in [0.29, 0.717) is 25.2 Å². The second-order valence-corrected chi connectivity index (χ2v) is 5.23. The third-order valence-corrected chi connectivity index (χ3v) is 3.46. The number of halogens is 3. The van der Waals surface area contributed by atoms with Crippen LogP contribution in [-0.4, -0.2) is 49.3 Å². The number of rotatable bonds is 5. The molecule has 0 saturated carbocycles. The van der Waals surface area contributed by atoms with Crippen molar-refractivity contribution < 1.29 is 27.5 Å². The number of amides is 2. The molecule has 6 nitrogen and oxygen atoms in total. The first-order valence-electron chi connectivity index (χ1n) is 7.44. The van der Waals surface area contributed by atoms with Gasteiger partial charge >= 0.3 is 6.36 Å². The summed E-state index contributed by atoms with van der Waals surface area (Å²) < 4.78 is 40.4. The number of benzene rings is 1. The van der Waals surface area contributed by atoms with Crippen molar-refractivity contribution in [3.63, 3.8) is 0 Å². The van der Waals surface area contributed by atoms with Gasteiger partial charge in [0, 0.05) is 19.6 Å². The van der Waals surface area contributed by atoms with Crippen LogP contribution in [0.3, 0.4) is 0 Å². The third kappa shape index (κ3) is 4.85. The van der Waals surface area contributed by atoms with E-state index >= 15 is 0 Å². The van der Waals surface area contributed by atoms with E-state index in [1.807, 2.05) is 0 Å². The number of hydrogen-bond acceptors (Lipinski definition) is 4. The molecule has 1 aliphatic rings. The molecule has 1 unspecified atom stereocenters. The van der Waals surface area contributed by atoms with E-state index in [2.05, 4.69) is 15.4 Å². The molecule has 1 heterocycles. The van der Waals surface area contributed by atoms with Crippen LogP contribution < -0.4 is 15.4 Å². The number of ether oxygens (including phenoxy) is 1. The third-order valence-electron chi connectivity index (χ3n) is 3.46. The maximum atomic E-state index is 12.2. The molecular weight excluding hydrogens is 327 g/mol. The Morgan fingerprint density at radius 2 is 2.04 bits per heavy atom. The van der Waals surface area contributed by atoms with Gasteiger partial charge in [-0.3, -0.25) is 14.5 Å². The average molecular weight is 345 g/mol. The Morgan fingerprint density at radius 3 is 2.62 bits per heavy atom. The van der Waals surface area contributed by atoms with Crippen molar-refractivity contribution in [2.75, 3.05) is 26.2 Å². The number of hydrogen-bond donors (Lipinski definition) is 2. The molecule has 2 N–H and O–H groups in total. The predicted molar refractivity (Wildman–Crippen MR) is 79.1 cm³/mol. The van der Waals surface area contributed by atoms with Gasteiger partial charge in [0.1, 0.15) is 11.8 Å². The fourth-order valence-electron chi connectivity index (χ4n) is 2.54. The first-order valence-corrected chi connectivity index (χ1v) is 7.44. The van der Waals surface area contributed by atoms with Gasteiger partial charge in [-0.05, 0) is 24.6 Å². The molecule has 1 aromatic rings. The van der Waals surface area contributed by atoms with Crippen LogP contribution in [0.4, 0.5) is 13.2 Å². The first-order chi connectivity index (χ1) is 11.3. The van der Waals surface area contributed by atoms with Crippen molar-refractivity contribution in [2.45, 2.75) is 19.3 Å². The lowest BCUT2D eigenvalue weighted by atomic mass is 10.0. The van der Waals surface area contributed by atoms with Gasteiger partial charge in [-0.1, -0.05) is 12.1 Å². The summed E-state index contributed by atoms with van der Waals surface area (Å²) >= 11 is 0. The standard InChI is InChI=1S/C15H18F3N3O3/c1-2-19-12(22)9-21-8-7-20-14(23)13(21)10-3-5-11(6-4-10)24-15(16,17)18/h3-6,13H,2,7-9H2,1H3,(H,19,22)(H,20,23). The predicted octanol–water partition coefficient (Wildman–Crippen LogP) is 1.19. The molecular formula is C15H18F3N3O3. The molecule has 0 radical (unpaired) electrons. The summed E-state index contributed by atoms with van der Waals surface area (Å²) in [5.74, 6) is -0.873. The number of carbonyl (C=O) groups is 2. The molecule has 9 heteroatoms. The second-order valence-electron chi connectivity index (χ2n) is 5.23. The minimum Gasteiger partial charge on any atom is -0.406 e. The second kappa shape index (κ2) is 7.52. The lowest BCUT2D eigenvalue weighted by Crippen LogP contribution is -2.52. The Balaban J connectivity index is 2.15. The molecule has 24 heavy (non-hydrogen) atoms. The van der Waals surface area contributed by atoms with Crippen molar-refractivity contribution >= 4 is 11.8 Å². The summed E-state index contributed by atoms with van der Waals surface area (Å²) in [4.78, 5) is 25.6. The van der Waals surface area contributed by atoms with Crippen molar-refractivity contribution in [1.82, 2.24) is 15.5 Å². The maximum Gasteiger partial charge on any atom is 0.573 e. The van der Waals surface area contributed by atoms with Gasteiger partial charge in [-0.15, -0.1) is 13.2 Å². The van der Waals surface area contributed by atoms with E-state index in [1.165, 1.54) is 12.1 Å². The molecule has 1 saturated heterocycles. The summed E-state index contributed by atoms with van der Waals surface area (Å²) in [7, 11) is 0. The van der Waals surface area contributed by atoms with Crippen LogP contribution in [0.1, 0.15) is 18.5 Å². The Labute approximate surface area is 137 Å². The molecule has 2 amide bonds. The molecule has 1 aromatic carbocycles. The van der Waals surface area contributed by atoms with Gasteiger partial charge in [0.25, 0.3) is 0 Å². The molecule has 0 aromatic heterocycles. The summed E-state index contributed by atoms with van der Waals surface area (Å²) in [6.45, 7) is 3.18. The summed E-state index contributed by atoms with van der Waals surface area (Å²) in [5.41, 5.74) is 0.492. The molecule has 0 aliphatic carbocycles. The number of alkyl halides is 3. The summed E-state index contributed by atoms with van der Waals surface area (Å²) in [6.07, 6.45) is -4.77. The maximum absolute atomic E-state index is 12.2. The summed E-state index contributed by atoms with van der Waals surface area (Å²) in [5, 5.41) is 5.35. The van der Waals surface area contributed by atoms with E-state index in [0.717, 1.165) is 12.1 Å². The van der Waals surface area contributed by atoms with E-state index in [1.54, 1.807) is 11.8 Å². The number of nitrogens with one attached hydrogen (secondary N) is 2. The highest BCUT2D eigenvalue weighted by Gasteiger charge is 2.33. The zero-order valence-electron chi connectivity index (χ0n) is 13.0. The van der Waals surface area contributed by atoms with Crippen LogP contribution >= 0.6 is 0 Å². The van der Waals surface area contributed by atoms with Crippen LogP contribution in [0, 0.1) is 0 Å². The van der Waals surface area contributed by atoms with Crippen molar-refractivity contribution in [3.8, 4) is 5.75 Å². The zero-order chi connectivity index (χ0) is 17.7. The van der Waals surface area contributed by atoms with Crippen molar-refractivity contribution in [2.24, 2.45) is 0 Å². The average Bonchev–Trinajstić information content (AvgIpc) is 2.47. The number of nitrogens with zero attached hydrogens (tertiary/aromatic N) is 1. The van der Waals surface area contributed by atoms with Gasteiger partial charge in [0.2, 0.25) is 11.8 Å². The van der Waals surface area contributed by atoms with Crippen LogP contribution in [0.25, 0.3) is 0 Å². The Kier molecular flexibility index (Phi) is 5.66. The molecule has 0 spiro atoms. The first kappa shape index (κ1) is 18.1. The number of likely N-dealkylation sites (N-methyl/N-ethyl adjacent to an activating group) is 1. The van der Waals surface area contributed by atoms with Gasteiger partial charge < -0.3 is 15.4 Å². The number of carbonyl (C=O) groups excluding carboxylic acids is 2. The molecule has 1 fully saturated rings. The minimum absolute atomic E-state index is 0.0345. The molecule has 132 valence electrons. The van der Waals surface area contributed by atoms with Crippen LogP contribution in [0.15, 0.2) is 24.3 Å². The van der Waals surface area contributed by atoms with Crippen LogP contribution in [0.5, 0.6) is 5.75 Å². The van der Waals surface area contributed by atoms with E-state index in [-0.39, 0.29) is 24.1 Å². The highest BCUT2D eigenvalue weighted by atomic mass is 19.4. The highest BCUT2D eigenvalue weighted by Crippen LogP contribution is 2.27. The topological polar surface area (TPSA) is 70.7 Å². The lowest BCUT2D eigenvalue weighted by Gasteiger charge is -2.34. The monoisotopic (exact) mass is 345 g/mol. The normalized spacial score (nSPS) is 18.8. The van der Waals surface area contributed by atoms with Gasteiger partial charge in [0.05, 0.1) is 6.54 Å². The van der Waals surface area contributed by atoms with Crippen molar-refractivity contribution in [3.05, 3.63) is 29.8 Å². The molecule has 2 rings (SSSR count). The lowest BCUT2D eigenvalue weighted by molar-refractivity contribution is -0.274. The number of piperazine rings is 1.